The van der Waals surface area contributed by atoms with Gasteiger partial charge in [-0.2, -0.15) is 9.57 Å². The molecule has 7 nitrogen and oxygen atoms in total. The van der Waals surface area contributed by atoms with Crippen molar-refractivity contribution in [2.24, 2.45) is 0 Å². The quantitative estimate of drug-likeness (QED) is 0.518. The van der Waals surface area contributed by atoms with Gasteiger partial charge in [0.05, 0.1) is 23.1 Å². The molecule has 3 aromatic carbocycles. The molecule has 1 aliphatic rings. The maximum absolute atomic E-state index is 13.3. The van der Waals surface area contributed by atoms with Crippen molar-refractivity contribution < 1.29 is 17.9 Å². The van der Waals surface area contributed by atoms with E-state index in [2.05, 4.69) is 6.07 Å². The van der Waals surface area contributed by atoms with Crippen LogP contribution in [0.4, 0.5) is 0 Å². The molecular weight excluding hydrogens is 470 g/mol. The highest BCUT2D eigenvalue weighted by Crippen LogP contribution is 2.33. The van der Waals surface area contributed by atoms with Crippen molar-refractivity contribution in [1.82, 2.24) is 9.21 Å². The van der Waals surface area contributed by atoms with Crippen LogP contribution in [0.15, 0.2) is 87.5 Å². The van der Waals surface area contributed by atoms with Gasteiger partial charge in [-0.3, -0.25) is 4.79 Å². The van der Waals surface area contributed by atoms with Gasteiger partial charge in [-0.05, 0) is 48.5 Å². The van der Waals surface area contributed by atoms with E-state index in [0.29, 0.717) is 30.0 Å². The second kappa shape index (κ2) is 10.3. The molecular formula is C25H23N3O4S2. The summed E-state index contributed by atoms with van der Waals surface area (Å²) < 4.78 is 32.5. The van der Waals surface area contributed by atoms with Crippen molar-refractivity contribution in [1.29, 1.82) is 5.26 Å². The predicted octanol–water partition coefficient (Wildman–Crippen LogP) is 3.86. The van der Waals surface area contributed by atoms with Gasteiger partial charge in [0.2, 0.25) is 10.0 Å². The molecule has 1 saturated heterocycles. The van der Waals surface area contributed by atoms with E-state index in [9.17, 15) is 18.5 Å². The number of carbonyl (C=O) groups is 1. The number of nitrogens with zero attached hydrogens (tertiary/aromatic N) is 3. The van der Waals surface area contributed by atoms with Gasteiger partial charge in [-0.25, -0.2) is 8.42 Å². The molecule has 1 fully saturated rings. The Bertz CT molecular complexity index is 1330. The molecule has 1 amide bonds. The van der Waals surface area contributed by atoms with Gasteiger partial charge in [0.15, 0.2) is 0 Å². The lowest BCUT2D eigenvalue weighted by Crippen LogP contribution is -2.50. The summed E-state index contributed by atoms with van der Waals surface area (Å²) in [5.74, 6) is 0.433. The molecule has 0 unspecified atom stereocenters. The summed E-state index contributed by atoms with van der Waals surface area (Å²) in [5.41, 5.74) is 1.08. The average molecular weight is 494 g/mol. The zero-order chi connectivity index (χ0) is 24.1. The van der Waals surface area contributed by atoms with Gasteiger partial charge < -0.3 is 9.64 Å². The standard InChI is InChI=1S/C25H23N3O4S2/c1-32-20-10-12-21(13-11-20)34(30,31)28-16-14-27(15-17-28)25(29)22-7-3-5-9-24(22)33-23-8-4-2-6-19(23)18-26/h2-13H,14-17H2,1H3. The zero-order valence-electron chi connectivity index (χ0n) is 18.5. The molecule has 34 heavy (non-hydrogen) atoms. The highest BCUT2D eigenvalue weighted by Gasteiger charge is 2.31. The van der Waals surface area contributed by atoms with Crippen molar-refractivity contribution in [2.75, 3.05) is 33.3 Å². The highest BCUT2D eigenvalue weighted by molar-refractivity contribution is 7.99. The summed E-state index contributed by atoms with van der Waals surface area (Å²) >= 11 is 1.38. The van der Waals surface area contributed by atoms with Gasteiger partial charge in [-0.15, -0.1) is 0 Å². The van der Waals surface area contributed by atoms with Crippen LogP contribution in [0.3, 0.4) is 0 Å². The van der Waals surface area contributed by atoms with Crippen LogP contribution >= 0.6 is 11.8 Å². The van der Waals surface area contributed by atoms with E-state index >= 15 is 0 Å². The number of methoxy groups -OCH3 is 1. The Morgan fingerprint density at radius 2 is 1.53 bits per heavy atom. The summed E-state index contributed by atoms with van der Waals surface area (Å²) in [6.45, 7) is 1.02. The molecule has 0 aliphatic carbocycles. The Morgan fingerprint density at radius 3 is 2.18 bits per heavy atom. The number of benzene rings is 3. The monoisotopic (exact) mass is 493 g/mol. The molecule has 9 heteroatoms. The van der Waals surface area contributed by atoms with E-state index in [1.165, 1.54) is 35.3 Å². The molecule has 174 valence electrons. The van der Waals surface area contributed by atoms with Gasteiger partial charge in [-0.1, -0.05) is 36.0 Å². The Morgan fingerprint density at radius 1 is 0.912 bits per heavy atom. The van der Waals surface area contributed by atoms with Crippen molar-refractivity contribution in [3.8, 4) is 11.8 Å². The van der Waals surface area contributed by atoms with E-state index in [0.717, 1.165) is 9.79 Å². The van der Waals surface area contributed by atoms with Crippen molar-refractivity contribution in [3.05, 3.63) is 83.9 Å². The van der Waals surface area contributed by atoms with Crippen molar-refractivity contribution >= 4 is 27.7 Å². The Kier molecular flexibility index (Phi) is 7.22. The lowest BCUT2D eigenvalue weighted by atomic mass is 10.2. The van der Waals surface area contributed by atoms with E-state index < -0.39 is 10.0 Å². The first-order valence-corrected chi connectivity index (χ1v) is 12.9. The lowest BCUT2D eigenvalue weighted by molar-refractivity contribution is 0.0694. The summed E-state index contributed by atoms with van der Waals surface area (Å²) in [7, 11) is -2.13. The molecule has 1 aliphatic heterocycles. The number of amides is 1. The fraction of sp³-hybridized carbons (Fsp3) is 0.200. The predicted molar refractivity (Wildman–Crippen MR) is 129 cm³/mol. The highest BCUT2D eigenvalue weighted by atomic mass is 32.2. The average Bonchev–Trinajstić information content (AvgIpc) is 2.89. The first-order chi connectivity index (χ1) is 16.4. The van der Waals surface area contributed by atoms with Gasteiger partial charge in [0.25, 0.3) is 5.91 Å². The first kappa shape index (κ1) is 23.8. The number of hydrogen-bond donors (Lipinski definition) is 0. The SMILES string of the molecule is COc1ccc(S(=O)(=O)N2CCN(C(=O)c3ccccc3Sc3ccccc3C#N)CC2)cc1. The van der Waals surface area contributed by atoms with Crippen LogP contribution in [0.25, 0.3) is 0 Å². The molecule has 0 bridgehead atoms. The number of nitriles is 1. The summed E-state index contributed by atoms with van der Waals surface area (Å²) in [6.07, 6.45) is 0. The number of ether oxygens (including phenoxy) is 1. The number of piperazine rings is 1. The van der Waals surface area contributed by atoms with Crippen LogP contribution in [0.1, 0.15) is 15.9 Å². The molecule has 0 atom stereocenters. The third-order valence-electron chi connectivity index (χ3n) is 5.57. The molecule has 4 rings (SSSR count). The Balaban J connectivity index is 1.47. The molecule has 0 aromatic heterocycles. The second-order valence-corrected chi connectivity index (χ2v) is 10.6. The minimum atomic E-state index is -3.65. The van der Waals surface area contributed by atoms with Gasteiger partial charge >= 0.3 is 0 Å². The van der Waals surface area contributed by atoms with E-state index in [-0.39, 0.29) is 23.9 Å². The first-order valence-electron chi connectivity index (χ1n) is 10.6. The van der Waals surface area contributed by atoms with Crippen LogP contribution in [-0.2, 0) is 10.0 Å². The topological polar surface area (TPSA) is 90.7 Å². The van der Waals surface area contributed by atoms with Crippen LogP contribution in [0, 0.1) is 11.3 Å². The number of sulfonamides is 1. The lowest BCUT2D eigenvalue weighted by Gasteiger charge is -2.34. The smallest absolute Gasteiger partial charge is 0.255 e. The third kappa shape index (κ3) is 4.94. The molecule has 0 N–H and O–H groups in total. The van der Waals surface area contributed by atoms with E-state index in [1.54, 1.807) is 41.3 Å². The molecule has 0 spiro atoms. The normalized spacial score (nSPS) is 14.4. The third-order valence-corrected chi connectivity index (χ3v) is 8.63. The maximum atomic E-state index is 13.3. The van der Waals surface area contributed by atoms with E-state index in [1.807, 2.05) is 24.3 Å². The molecule has 3 aromatic rings. The summed E-state index contributed by atoms with van der Waals surface area (Å²) in [4.78, 5) is 16.7. The van der Waals surface area contributed by atoms with Crippen LogP contribution in [0.2, 0.25) is 0 Å². The minimum Gasteiger partial charge on any atom is -0.497 e. The molecule has 1 heterocycles. The summed E-state index contributed by atoms with van der Waals surface area (Å²) in [5, 5.41) is 9.38. The number of carbonyl (C=O) groups excluding carboxylic acids is 1. The maximum Gasteiger partial charge on any atom is 0.255 e. The Hall–Kier alpha value is -3.32. The second-order valence-electron chi connectivity index (χ2n) is 7.58. The molecule has 0 saturated carbocycles. The zero-order valence-corrected chi connectivity index (χ0v) is 20.2. The Labute approximate surface area is 203 Å². The van der Waals surface area contributed by atoms with Crippen LogP contribution in [0.5, 0.6) is 5.75 Å². The number of rotatable bonds is 6. The van der Waals surface area contributed by atoms with E-state index in [4.69, 9.17) is 4.74 Å². The van der Waals surface area contributed by atoms with Crippen LogP contribution < -0.4 is 4.74 Å². The van der Waals surface area contributed by atoms with Gasteiger partial charge in [0, 0.05) is 36.0 Å². The van der Waals surface area contributed by atoms with Gasteiger partial charge in [0.1, 0.15) is 11.8 Å². The van der Waals surface area contributed by atoms with Crippen molar-refractivity contribution in [3.63, 3.8) is 0 Å². The number of hydrogen-bond acceptors (Lipinski definition) is 6. The largest absolute Gasteiger partial charge is 0.497 e. The summed E-state index contributed by atoms with van der Waals surface area (Å²) in [6, 6.07) is 23.0. The fourth-order valence-electron chi connectivity index (χ4n) is 3.70. The van der Waals surface area contributed by atoms with Crippen molar-refractivity contribution in [2.45, 2.75) is 14.7 Å². The fourth-order valence-corrected chi connectivity index (χ4v) is 6.14. The minimum absolute atomic E-state index is 0.154. The molecule has 0 radical (unpaired) electrons. The van der Waals surface area contributed by atoms with Crippen LogP contribution in [-0.4, -0.2) is 56.8 Å².